The summed E-state index contributed by atoms with van der Waals surface area (Å²) in [7, 11) is -6.59. The number of phosphoric ester groups is 1. The Kier molecular flexibility index (Phi) is 11.8. The van der Waals surface area contributed by atoms with Gasteiger partial charge < -0.3 is 13.8 Å². The molecule has 0 rings (SSSR count). The van der Waals surface area contributed by atoms with Gasteiger partial charge in [0.25, 0.3) is 0 Å². The standard InChI is InChI=1S/C16H19F10O10P/c1-4-12(2,3)9(27)31-5-6-34-37(30,35-10(28)13(19,32-7-17)15(21,22)23)36-11(29)14(20,33-8-18)16(24,25)26/h4-8H2,1-3H3. The topological polar surface area (TPSA) is 124 Å². The van der Waals surface area contributed by atoms with Crippen LogP contribution in [0, 0.1) is 5.41 Å². The van der Waals surface area contributed by atoms with E-state index in [9.17, 15) is 62.9 Å². The minimum absolute atomic E-state index is 0.190. The molecule has 0 radical (unpaired) electrons. The number of ether oxygens (including phenoxy) is 3. The minimum Gasteiger partial charge on any atom is -0.463 e. The summed E-state index contributed by atoms with van der Waals surface area (Å²) < 4.78 is 163. The van der Waals surface area contributed by atoms with Gasteiger partial charge in [0, 0.05) is 0 Å². The van der Waals surface area contributed by atoms with Crippen molar-refractivity contribution in [3.8, 4) is 0 Å². The lowest BCUT2D eigenvalue weighted by Crippen LogP contribution is -2.52. The molecule has 10 nitrogen and oxygen atoms in total. The molecule has 0 fully saturated rings. The molecule has 0 amide bonds. The fourth-order valence-electron chi connectivity index (χ4n) is 1.68. The van der Waals surface area contributed by atoms with Gasteiger partial charge in [-0.15, -0.1) is 0 Å². The van der Waals surface area contributed by atoms with Gasteiger partial charge in [-0.25, -0.2) is 22.9 Å². The first kappa shape index (κ1) is 34.8. The van der Waals surface area contributed by atoms with E-state index in [1.54, 1.807) is 0 Å². The Balaban J connectivity index is 6.09. The van der Waals surface area contributed by atoms with Crippen molar-refractivity contribution in [3.63, 3.8) is 0 Å². The Morgan fingerprint density at radius 1 is 0.703 bits per heavy atom. The van der Waals surface area contributed by atoms with Gasteiger partial charge in [0.05, 0.1) is 12.0 Å². The Hall–Kier alpha value is -2.18. The second-order valence-electron chi connectivity index (χ2n) is 7.10. The second kappa shape index (κ2) is 12.6. The average molecular weight is 592 g/mol. The van der Waals surface area contributed by atoms with Crippen LogP contribution in [0.2, 0.25) is 0 Å². The molecular formula is C16H19F10O10P. The van der Waals surface area contributed by atoms with E-state index in [2.05, 4.69) is 27.8 Å². The molecule has 0 spiro atoms. The fourth-order valence-corrected chi connectivity index (χ4v) is 2.76. The van der Waals surface area contributed by atoms with Crippen LogP contribution in [0.3, 0.4) is 0 Å². The molecule has 2 unspecified atom stereocenters. The summed E-state index contributed by atoms with van der Waals surface area (Å²) in [6, 6.07) is 0. The van der Waals surface area contributed by atoms with E-state index in [4.69, 9.17) is 0 Å². The molecule has 0 aliphatic rings. The van der Waals surface area contributed by atoms with Gasteiger partial charge in [-0.1, -0.05) is 6.92 Å². The second-order valence-corrected chi connectivity index (χ2v) is 8.62. The molecule has 0 saturated heterocycles. The number of hydrogen-bond acceptors (Lipinski definition) is 10. The SMILES string of the molecule is CCC(C)(C)C(=O)OCCOP(=O)(OC(=O)C(F)(OCF)C(F)(F)F)OC(=O)C(F)(OCF)C(F)(F)F. The number of hydrogen-bond donors (Lipinski definition) is 0. The van der Waals surface area contributed by atoms with Crippen molar-refractivity contribution in [1.29, 1.82) is 0 Å². The summed E-state index contributed by atoms with van der Waals surface area (Å²) in [6.07, 6.45) is -12.8. The fraction of sp³-hybridized carbons (Fsp3) is 0.812. The minimum atomic E-state index is -6.59. The quantitative estimate of drug-likeness (QED) is 0.123. The van der Waals surface area contributed by atoms with E-state index in [-0.39, 0.29) is 6.42 Å². The molecule has 0 aliphatic heterocycles. The van der Waals surface area contributed by atoms with Crippen LogP contribution in [0.15, 0.2) is 0 Å². The maximum atomic E-state index is 14.0. The van der Waals surface area contributed by atoms with Gasteiger partial charge in [0.15, 0.2) is 13.7 Å². The van der Waals surface area contributed by atoms with Crippen molar-refractivity contribution in [3.05, 3.63) is 0 Å². The highest BCUT2D eigenvalue weighted by molar-refractivity contribution is 7.49. The van der Waals surface area contributed by atoms with Crippen LogP contribution in [0.1, 0.15) is 27.2 Å². The number of halogens is 10. The van der Waals surface area contributed by atoms with Crippen LogP contribution >= 0.6 is 7.82 Å². The summed E-state index contributed by atoms with van der Waals surface area (Å²) in [5.74, 6) is -19.6. The first-order valence-corrected chi connectivity index (χ1v) is 10.8. The van der Waals surface area contributed by atoms with E-state index >= 15 is 0 Å². The third-order valence-electron chi connectivity index (χ3n) is 4.15. The van der Waals surface area contributed by atoms with E-state index in [0.717, 1.165) is 0 Å². The largest absolute Gasteiger partial charge is 0.592 e. The molecule has 21 heteroatoms. The molecule has 0 aliphatic carbocycles. The third-order valence-corrected chi connectivity index (χ3v) is 5.43. The molecular weight excluding hydrogens is 573 g/mol. The van der Waals surface area contributed by atoms with Gasteiger partial charge >= 0.3 is 49.8 Å². The van der Waals surface area contributed by atoms with Crippen molar-refractivity contribution >= 4 is 25.7 Å². The maximum absolute atomic E-state index is 14.0. The zero-order valence-corrected chi connectivity index (χ0v) is 19.7. The summed E-state index contributed by atoms with van der Waals surface area (Å²) >= 11 is 0. The van der Waals surface area contributed by atoms with Crippen molar-refractivity contribution in [2.24, 2.45) is 5.41 Å². The number of alkyl halides is 10. The highest BCUT2D eigenvalue weighted by Crippen LogP contribution is 2.54. The number of rotatable bonds is 14. The van der Waals surface area contributed by atoms with E-state index in [0.29, 0.717) is 0 Å². The van der Waals surface area contributed by atoms with Crippen molar-refractivity contribution in [2.45, 2.75) is 51.3 Å². The first-order valence-electron chi connectivity index (χ1n) is 9.38. The summed E-state index contributed by atoms with van der Waals surface area (Å²) in [5, 5.41) is 0. The zero-order valence-electron chi connectivity index (χ0n) is 18.8. The van der Waals surface area contributed by atoms with Crippen LogP contribution < -0.4 is 0 Å². The molecule has 37 heavy (non-hydrogen) atoms. The normalized spacial score (nSPS) is 17.6. The molecule has 0 bridgehead atoms. The molecule has 0 aromatic heterocycles. The monoisotopic (exact) mass is 592 g/mol. The van der Waals surface area contributed by atoms with Crippen LogP contribution in [0.4, 0.5) is 43.9 Å². The molecule has 218 valence electrons. The number of carbonyl (C=O) groups is 3. The average Bonchev–Trinajstić information content (AvgIpc) is 2.74. The highest BCUT2D eigenvalue weighted by Gasteiger charge is 2.69. The smallest absolute Gasteiger partial charge is 0.463 e. The maximum Gasteiger partial charge on any atom is 0.592 e. The predicted molar refractivity (Wildman–Crippen MR) is 94.7 cm³/mol. The van der Waals surface area contributed by atoms with Gasteiger partial charge in [0.2, 0.25) is 0 Å². The lowest BCUT2D eigenvalue weighted by Gasteiger charge is -2.28. The summed E-state index contributed by atoms with van der Waals surface area (Å²) in [4.78, 5) is 35.1. The molecule has 2 atom stereocenters. The lowest BCUT2D eigenvalue weighted by atomic mass is 9.91. The van der Waals surface area contributed by atoms with Gasteiger partial charge in [-0.05, 0) is 20.3 Å². The van der Waals surface area contributed by atoms with Gasteiger partial charge in [-0.3, -0.25) is 18.8 Å². The highest BCUT2D eigenvalue weighted by atomic mass is 31.2. The third kappa shape index (κ3) is 8.68. The number of esters is 1. The van der Waals surface area contributed by atoms with Crippen molar-refractivity contribution in [1.82, 2.24) is 0 Å². The molecule has 0 N–H and O–H groups in total. The first-order chi connectivity index (χ1) is 16.6. The Morgan fingerprint density at radius 3 is 1.38 bits per heavy atom. The van der Waals surface area contributed by atoms with E-state index in [1.165, 1.54) is 20.8 Å². The summed E-state index contributed by atoms with van der Waals surface area (Å²) in [6.45, 7) is -3.53. The Labute approximate surface area is 201 Å². The molecule has 0 saturated carbocycles. The zero-order chi connectivity index (χ0) is 29.5. The Bertz CT molecular complexity index is 816. The van der Waals surface area contributed by atoms with Gasteiger partial charge in [0.1, 0.15) is 6.61 Å². The Morgan fingerprint density at radius 2 is 1.08 bits per heavy atom. The van der Waals surface area contributed by atoms with Crippen molar-refractivity contribution in [2.75, 3.05) is 26.9 Å². The molecule has 0 aromatic carbocycles. The van der Waals surface area contributed by atoms with Crippen LogP contribution in [-0.2, 0) is 46.7 Å². The number of carbonyl (C=O) groups excluding carboxylic acids is 3. The van der Waals surface area contributed by atoms with E-state index < -0.39 is 82.1 Å². The van der Waals surface area contributed by atoms with E-state index in [1.807, 2.05) is 0 Å². The molecule has 0 heterocycles. The van der Waals surface area contributed by atoms with Crippen LogP contribution in [-0.4, -0.2) is 68.9 Å². The molecule has 0 aromatic rings. The predicted octanol–water partition coefficient (Wildman–Crippen LogP) is 4.52. The lowest BCUT2D eigenvalue weighted by molar-refractivity contribution is -0.330. The van der Waals surface area contributed by atoms with Crippen molar-refractivity contribution < 1.29 is 90.6 Å². The summed E-state index contributed by atoms with van der Waals surface area (Å²) in [5.41, 5.74) is -1.14. The number of phosphoric acid groups is 1. The van der Waals surface area contributed by atoms with Crippen LogP contribution in [0.25, 0.3) is 0 Å². The van der Waals surface area contributed by atoms with Crippen LogP contribution in [0.5, 0.6) is 0 Å². The van der Waals surface area contributed by atoms with Gasteiger partial charge in [-0.2, -0.15) is 35.1 Å².